The highest BCUT2D eigenvalue weighted by Crippen LogP contribution is 2.25. The van der Waals surface area contributed by atoms with Crippen molar-refractivity contribution in [3.05, 3.63) is 35.9 Å². The summed E-state index contributed by atoms with van der Waals surface area (Å²) < 4.78 is 0. The molecule has 0 saturated carbocycles. The van der Waals surface area contributed by atoms with Crippen LogP contribution in [-0.4, -0.2) is 53.3 Å². The standard InChI is InChI=1S/C17H28N2OS/c1-13(17(12-20)21-3)18-16-9-10-19(11-16)14(2)15-7-5-4-6-8-15/h4-8,13-14,16-18,20H,9-12H2,1-3H3. The van der Waals surface area contributed by atoms with E-state index in [0.717, 1.165) is 13.1 Å². The summed E-state index contributed by atoms with van der Waals surface area (Å²) in [7, 11) is 0. The zero-order valence-corrected chi connectivity index (χ0v) is 14.1. The SMILES string of the molecule is CSC(CO)C(C)NC1CCN(C(C)c2ccccc2)C1. The van der Waals surface area contributed by atoms with Crippen molar-refractivity contribution in [2.45, 2.75) is 43.6 Å². The minimum Gasteiger partial charge on any atom is -0.395 e. The second-order valence-corrected chi connectivity index (χ2v) is 7.06. The van der Waals surface area contributed by atoms with Gasteiger partial charge in [0.1, 0.15) is 0 Å². The van der Waals surface area contributed by atoms with Gasteiger partial charge in [0.25, 0.3) is 0 Å². The second-order valence-electron chi connectivity index (χ2n) is 5.98. The van der Waals surface area contributed by atoms with Crippen LogP contribution in [0.5, 0.6) is 0 Å². The zero-order valence-electron chi connectivity index (χ0n) is 13.3. The third-order valence-corrected chi connectivity index (χ3v) is 5.75. The van der Waals surface area contributed by atoms with Gasteiger partial charge in [0.15, 0.2) is 0 Å². The molecule has 1 aromatic carbocycles. The van der Waals surface area contributed by atoms with E-state index in [9.17, 15) is 5.11 Å². The average Bonchev–Trinajstić information content (AvgIpc) is 2.97. The highest BCUT2D eigenvalue weighted by molar-refractivity contribution is 7.99. The number of aliphatic hydroxyl groups excluding tert-OH is 1. The predicted molar refractivity (Wildman–Crippen MR) is 91.8 cm³/mol. The first kappa shape index (κ1) is 16.8. The summed E-state index contributed by atoms with van der Waals surface area (Å²) in [5.74, 6) is 0. The number of hydrogen-bond donors (Lipinski definition) is 2. The van der Waals surface area contributed by atoms with Crippen LogP contribution in [0.3, 0.4) is 0 Å². The fourth-order valence-corrected chi connectivity index (χ4v) is 3.77. The molecule has 1 heterocycles. The number of aliphatic hydroxyl groups is 1. The number of benzene rings is 1. The number of nitrogens with one attached hydrogen (secondary N) is 1. The molecule has 0 bridgehead atoms. The van der Waals surface area contributed by atoms with Crippen LogP contribution >= 0.6 is 11.8 Å². The lowest BCUT2D eigenvalue weighted by Crippen LogP contribution is -2.44. The monoisotopic (exact) mass is 308 g/mol. The van der Waals surface area contributed by atoms with Gasteiger partial charge in [-0.2, -0.15) is 11.8 Å². The van der Waals surface area contributed by atoms with Crippen LogP contribution < -0.4 is 5.32 Å². The van der Waals surface area contributed by atoms with E-state index in [-0.39, 0.29) is 11.9 Å². The molecule has 1 aromatic rings. The van der Waals surface area contributed by atoms with Crippen molar-refractivity contribution in [1.29, 1.82) is 0 Å². The predicted octanol–water partition coefficient (Wildman–Crippen LogP) is 2.52. The summed E-state index contributed by atoms with van der Waals surface area (Å²) in [6.45, 7) is 6.95. The summed E-state index contributed by atoms with van der Waals surface area (Å²) in [4.78, 5) is 2.55. The first-order valence-electron chi connectivity index (χ1n) is 7.84. The molecule has 0 aliphatic carbocycles. The maximum absolute atomic E-state index is 9.39. The first-order chi connectivity index (χ1) is 10.2. The molecule has 3 nitrogen and oxygen atoms in total. The summed E-state index contributed by atoms with van der Waals surface area (Å²) >= 11 is 1.74. The van der Waals surface area contributed by atoms with E-state index >= 15 is 0 Å². The van der Waals surface area contributed by atoms with Crippen LogP contribution in [0, 0.1) is 0 Å². The Hall–Kier alpha value is -0.550. The first-order valence-corrected chi connectivity index (χ1v) is 9.13. The number of nitrogens with zero attached hydrogens (tertiary/aromatic N) is 1. The minimum atomic E-state index is 0.242. The Morgan fingerprint density at radius 1 is 1.33 bits per heavy atom. The van der Waals surface area contributed by atoms with E-state index < -0.39 is 0 Å². The van der Waals surface area contributed by atoms with Gasteiger partial charge in [-0.25, -0.2) is 0 Å². The van der Waals surface area contributed by atoms with E-state index in [0.29, 0.717) is 18.1 Å². The van der Waals surface area contributed by atoms with E-state index in [1.54, 1.807) is 11.8 Å². The topological polar surface area (TPSA) is 35.5 Å². The van der Waals surface area contributed by atoms with Gasteiger partial charge in [0, 0.05) is 36.5 Å². The van der Waals surface area contributed by atoms with Crippen LogP contribution in [0.15, 0.2) is 30.3 Å². The van der Waals surface area contributed by atoms with Crippen LogP contribution in [0.1, 0.15) is 31.9 Å². The molecular weight excluding hydrogens is 280 g/mol. The minimum absolute atomic E-state index is 0.242. The molecule has 0 radical (unpaired) electrons. The summed E-state index contributed by atoms with van der Waals surface area (Å²) in [6.07, 6.45) is 3.26. The van der Waals surface area contributed by atoms with Gasteiger partial charge < -0.3 is 10.4 Å². The molecule has 4 unspecified atom stereocenters. The quantitative estimate of drug-likeness (QED) is 0.811. The smallest absolute Gasteiger partial charge is 0.0564 e. The normalized spacial score (nSPS) is 23.9. The summed E-state index contributed by atoms with van der Waals surface area (Å²) in [5, 5.41) is 13.4. The molecule has 2 rings (SSSR count). The van der Waals surface area contributed by atoms with Crippen molar-refractivity contribution in [1.82, 2.24) is 10.2 Å². The Labute approximate surface area is 133 Å². The van der Waals surface area contributed by atoms with Gasteiger partial charge >= 0.3 is 0 Å². The lowest BCUT2D eigenvalue weighted by Gasteiger charge is -2.27. The lowest BCUT2D eigenvalue weighted by atomic mass is 10.1. The van der Waals surface area contributed by atoms with Crippen LogP contribution in [0.4, 0.5) is 0 Å². The van der Waals surface area contributed by atoms with Crippen LogP contribution in [0.25, 0.3) is 0 Å². The molecule has 4 heteroatoms. The summed E-state index contributed by atoms with van der Waals surface area (Å²) in [6, 6.07) is 12.1. The molecule has 1 saturated heterocycles. The molecule has 1 aliphatic rings. The van der Waals surface area contributed by atoms with Crippen molar-refractivity contribution >= 4 is 11.8 Å². The van der Waals surface area contributed by atoms with E-state index in [2.05, 4.69) is 60.7 Å². The highest BCUT2D eigenvalue weighted by Gasteiger charge is 2.28. The molecule has 0 amide bonds. The Morgan fingerprint density at radius 3 is 2.67 bits per heavy atom. The Bertz CT molecular complexity index is 411. The summed E-state index contributed by atoms with van der Waals surface area (Å²) in [5.41, 5.74) is 1.39. The maximum atomic E-state index is 9.39. The van der Waals surface area contributed by atoms with E-state index in [1.807, 2.05) is 0 Å². The van der Waals surface area contributed by atoms with Crippen molar-refractivity contribution < 1.29 is 5.11 Å². The van der Waals surface area contributed by atoms with Crippen molar-refractivity contribution in [2.75, 3.05) is 26.0 Å². The van der Waals surface area contributed by atoms with Gasteiger partial charge in [-0.3, -0.25) is 4.90 Å². The molecule has 1 aliphatic heterocycles. The lowest BCUT2D eigenvalue weighted by molar-refractivity contribution is 0.246. The average molecular weight is 308 g/mol. The van der Waals surface area contributed by atoms with Crippen LogP contribution in [0.2, 0.25) is 0 Å². The maximum Gasteiger partial charge on any atom is 0.0564 e. The van der Waals surface area contributed by atoms with Gasteiger partial charge in [-0.1, -0.05) is 30.3 Å². The van der Waals surface area contributed by atoms with Crippen molar-refractivity contribution in [3.8, 4) is 0 Å². The van der Waals surface area contributed by atoms with Gasteiger partial charge in [-0.05, 0) is 32.1 Å². The number of likely N-dealkylation sites (tertiary alicyclic amines) is 1. The number of rotatable bonds is 7. The molecule has 118 valence electrons. The Balaban J connectivity index is 1.86. The number of hydrogen-bond acceptors (Lipinski definition) is 4. The molecule has 4 atom stereocenters. The largest absolute Gasteiger partial charge is 0.395 e. The third kappa shape index (κ3) is 4.46. The fraction of sp³-hybridized carbons (Fsp3) is 0.647. The molecular formula is C17H28N2OS. The molecule has 21 heavy (non-hydrogen) atoms. The second kappa shape index (κ2) is 8.18. The molecule has 1 fully saturated rings. The molecule has 2 N–H and O–H groups in total. The van der Waals surface area contributed by atoms with E-state index in [1.165, 1.54) is 12.0 Å². The molecule has 0 aromatic heterocycles. The van der Waals surface area contributed by atoms with Gasteiger partial charge in [-0.15, -0.1) is 0 Å². The van der Waals surface area contributed by atoms with Gasteiger partial charge in [0.2, 0.25) is 0 Å². The van der Waals surface area contributed by atoms with Gasteiger partial charge in [0.05, 0.1) is 6.61 Å². The molecule has 0 spiro atoms. The Morgan fingerprint density at radius 2 is 2.05 bits per heavy atom. The fourth-order valence-electron chi connectivity index (χ4n) is 3.13. The van der Waals surface area contributed by atoms with Crippen LogP contribution in [-0.2, 0) is 0 Å². The van der Waals surface area contributed by atoms with E-state index in [4.69, 9.17) is 0 Å². The zero-order chi connectivity index (χ0) is 15.2. The van der Waals surface area contributed by atoms with Crippen molar-refractivity contribution in [2.24, 2.45) is 0 Å². The number of thioether (sulfide) groups is 1. The highest BCUT2D eigenvalue weighted by atomic mass is 32.2. The third-order valence-electron chi connectivity index (χ3n) is 4.59. The van der Waals surface area contributed by atoms with Crippen molar-refractivity contribution in [3.63, 3.8) is 0 Å². The Kier molecular flexibility index (Phi) is 6.55.